The molecule has 2 aromatic carbocycles. The third-order valence-corrected chi connectivity index (χ3v) is 3.00. The molecule has 4 heteroatoms. The van der Waals surface area contributed by atoms with E-state index in [1.807, 2.05) is 18.2 Å². The Morgan fingerprint density at radius 3 is 1.80 bits per heavy atom. The topological polar surface area (TPSA) is 0 Å². The van der Waals surface area contributed by atoms with Gasteiger partial charge in [-0.05, 0) is 31.0 Å². The van der Waals surface area contributed by atoms with Crippen molar-refractivity contribution < 1.29 is 13.2 Å². The molecule has 0 unspecified atom stereocenters. The molecule has 2 rings (SSSR count). The summed E-state index contributed by atoms with van der Waals surface area (Å²) in [6.45, 7) is 2.08. The van der Waals surface area contributed by atoms with Crippen molar-refractivity contribution in [3.05, 3.63) is 71.3 Å². The Hall–Kier alpha value is -1.29. The first-order chi connectivity index (χ1) is 9.43. The molecular weight excluding hydrogens is 329 g/mol. The molecule has 20 heavy (non-hydrogen) atoms. The number of hydrogen-bond donors (Lipinski definition) is 0. The van der Waals surface area contributed by atoms with Crippen LogP contribution in [0.2, 0.25) is 0 Å². The Kier molecular flexibility index (Phi) is 6.79. The van der Waals surface area contributed by atoms with Crippen molar-refractivity contribution in [1.29, 1.82) is 0 Å². The van der Waals surface area contributed by atoms with Crippen LogP contribution in [0.4, 0.5) is 13.2 Å². The maximum absolute atomic E-state index is 12.1. The smallest absolute Gasteiger partial charge is 0.166 e. The molecule has 0 fully saturated rings. The molecule has 108 valence electrons. The second-order valence-corrected chi connectivity index (χ2v) is 5.08. The molecule has 0 N–H and O–H groups in total. The van der Waals surface area contributed by atoms with Crippen molar-refractivity contribution in [2.24, 2.45) is 0 Å². The molecule has 0 amide bonds. The molecule has 0 aliphatic heterocycles. The van der Waals surface area contributed by atoms with Crippen LogP contribution in [0.25, 0.3) is 0 Å². The third-order valence-electron chi connectivity index (χ3n) is 2.60. The predicted molar refractivity (Wildman–Crippen MR) is 80.1 cm³/mol. The van der Waals surface area contributed by atoms with E-state index < -0.39 is 11.7 Å². The Morgan fingerprint density at radius 2 is 1.45 bits per heavy atom. The highest BCUT2D eigenvalue weighted by Gasteiger charge is 2.29. The maximum atomic E-state index is 12.1. The number of alkyl halides is 4. The lowest BCUT2D eigenvalue weighted by Crippen LogP contribution is -2.04. The molecule has 0 atom stereocenters. The van der Waals surface area contributed by atoms with Crippen LogP contribution < -0.4 is 0 Å². The van der Waals surface area contributed by atoms with Crippen LogP contribution in [-0.4, -0.2) is 5.33 Å². The Bertz CT molecular complexity index is 489. The van der Waals surface area contributed by atoms with E-state index in [0.717, 1.165) is 29.4 Å². The molecule has 0 heterocycles. The molecule has 0 saturated heterocycles. The van der Waals surface area contributed by atoms with Crippen LogP contribution in [-0.2, 0) is 12.6 Å². The average Bonchev–Trinajstić information content (AvgIpc) is 2.40. The number of halogens is 4. The molecule has 2 aromatic rings. The SMILES string of the molecule is Cc1ccccc1.FC(F)(F)c1ccc(CCBr)cc1. The first-order valence-electron chi connectivity index (χ1n) is 6.17. The summed E-state index contributed by atoms with van der Waals surface area (Å²) in [4.78, 5) is 0. The van der Waals surface area contributed by atoms with E-state index in [4.69, 9.17) is 0 Å². The summed E-state index contributed by atoms with van der Waals surface area (Å²) >= 11 is 3.22. The Morgan fingerprint density at radius 1 is 0.900 bits per heavy atom. The number of hydrogen-bond acceptors (Lipinski definition) is 0. The molecule has 0 aromatic heterocycles. The number of aryl methyl sites for hydroxylation is 2. The molecule has 0 radical (unpaired) electrons. The van der Waals surface area contributed by atoms with Gasteiger partial charge in [-0.25, -0.2) is 0 Å². The highest BCUT2D eigenvalue weighted by atomic mass is 79.9. The van der Waals surface area contributed by atoms with E-state index >= 15 is 0 Å². The van der Waals surface area contributed by atoms with E-state index in [-0.39, 0.29) is 0 Å². The summed E-state index contributed by atoms with van der Waals surface area (Å²) in [6.07, 6.45) is -3.48. The third kappa shape index (κ3) is 6.24. The minimum atomic E-state index is -4.23. The van der Waals surface area contributed by atoms with Crippen molar-refractivity contribution in [3.63, 3.8) is 0 Å². The molecule has 0 saturated carbocycles. The van der Waals surface area contributed by atoms with Gasteiger partial charge < -0.3 is 0 Å². The molecular formula is C16H16BrF3. The normalized spacial score (nSPS) is 10.7. The molecule has 0 nitrogen and oxygen atoms in total. The second kappa shape index (κ2) is 8.10. The standard InChI is InChI=1S/C9H8BrF3.C7H8/c10-6-5-7-1-3-8(4-2-7)9(11,12)13;1-7-5-3-2-4-6-7/h1-4H,5-6H2;2-6H,1H3. The van der Waals surface area contributed by atoms with Gasteiger partial charge in [0.25, 0.3) is 0 Å². The largest absolute Gasteiger partial charge is 0.416 e. The number of rotatable bonds is 2. The summed E-state index contributed by atoms with van der Waals surface area (Å²) < 4.78 is 36.3. The lowest BCUT2D eigenvalue weighted by atomic mass is 10.1. The van der Waals surface area contributed by atoms with Gasteiger partial charge in [0.05, 0.1) is 5.56 Å². The van der Waals surface area contributed by atoms with Crippen molar-refractivity contribution in [2.45, 2.75) is 19.5 Å². The van der Waals surface area contributed by atoms with Crippen LogP contribution >= 0.6 is 15.9 Å². The van der Waals surface area contributed by atoms with Gasteiger partial charge in [0.2, 0.25) is 0 Å². The van der Waals surface area contributed by atoms with Crippen molar-refractivity contribution in [2.75, 3.05) is 5.33 Å². The Labute approximate surface area is 125 Å². The van der Waals surface area contributed by atoms with Gasteiger partial charge in [-0.2, -0.15) is 13.2 Å². The van der Waals surface area contributed by atoms with E-state index in [0.29, 0.717) is 0 Å². The molecule has 0 aliphatic carbocycles. The first-order valence-corrected chi connectivity index (χ1v) is 7.29. The van der Waals surface area contributed by atoms with Crippen molar-refractivity contribution in [3.8, 4) is 0 Å². The lowest BCUT2D eigenvalue weighted by Gasteiger charge is -2.06. The maximum Gasteiger partial charge on any atom is 0.416 e. The van der Waals surface area contributed by atoms with Gasteiger partial charge in [-0.15, -0.1) is 0 Å². The minimum absolute atomic E-state index is 0.592. The lowest BCUT2D eigenvalue weighted by molar-refractivity contribution is -0.137. The summed E-state index contributed by atoms with van der Waals surface area (Å²) in [5.74, 6) is 0. The minimum Gasteiger partial charge on any atom is -0.166 e. The zero-order valence-corrected chi connectivity index (χ0v) is 12.7. The highest BCUT2D eigenvalue weighted by Crippen LogP contribution is 2.29. The summed E-state index contributed by atoms with van der Waals surface area (Å²) in [5.41, 5.74) is 1.64. The molecule has 0 aliphatic rings. The van der Waals surface area contributed by atoms with E-state index in [1.54, 1.807) is 0 Å². The van der Waals surface area contributed by atoms with E-state index in [2.05, 4.69) is 35.0 Å². The van der Waals surface area contributed by atoms with Crippen LogP contribution in [0, 0.1) is 6.92 Å². The van der Waals surface area contributed by atoms with Crippen LogP contribution in [0.1, 0.15) is 16.7 Å². The van der Waals surface area contributed by atoms with Crippen LogP contribution in [0.15, 0.2) is 54.6 Å². The zero-order valence-electron chi connectivity index (χ0n) is 11.1. The van der Waals surface area contributed by atoms with E-state index in [1.165, 1.54) is 17.7 Å². The van der Waals surface area contributed by atoms with Crippen molar-refractivity contribution >= 4 is 15.9 Å². The monoisotopic (exact) mass is 344 g/mol. The molecule has 0 spiro atoms. The van der Waals surface area contributed by atoms with Gasteiger partial charge in [0, 0.05) is 5.33 Å². The predicted octanol–water partition coefficient (Wildman–Crippen LogP) is 5.64. The Balaban J connectivity index is 0.000000240. The van der Waals surface area contributed by atoms with Gasteiger partial charge in [0.1, 0.15) is 0 Å². The summed E-state index contributed by atoms with van der Waals surface area (Å²) in [7, 11) is 0. The van der Waals surface area contributed by atoms with Gasteiger partial charge >= 0.3 is 6.18 Å². The van der Waals surface area contributed by atoms with E-state index in [9.17, 15) is 13.2 Å². The highest BCUT2D eigenvalue weighted by molar-refractivity contribution is 9.09. The summed E-state index contributed by atoms with van der Waals surface area (Å²) in [6, 6.07) is 15.5. The van der Waals surface area contributed by atoms with Crippen LogP contribution in [0.3, 0.4) is 0 Å². The number of benzene rings is 2. The van der Waals surface area contributed by atoms with Gasteiger partial charge in [0.15, 0.2) is 0 Å². The van der Waals surface area contributed by atoms with Gasteiger partial charge in [-0.3, -0.25) is 0 Å². The quantitative estimate of drug-likeness (QED) is 0.618. The fourth-order valence-electron chi connectivity index (χ4n) is 1.50. The summed E-state index contributed by atoms with van der Waals surface area (Å²) in [5, 5.41) is 0.762. The second-order valence-electron chi connectivity index (χ2n) is 4.29. The van der Waals surface area contributed by atoms with Gasteiger partial charge in [-0.1, -0.05) is 64.0 Å². The molecule has 0 bridgehead atoms. The first kappa shape index (κ1) is 16.8. The fraction of sp³-hybridized carbons (Fsp3) is 0.250. The average molecular weight is 345 g/mol. The zero-order chi connectivity index (χ0) is 15.0. The van der Waals surface area contributed by atoms with Crippen molar-refractivity contribution in [1.82, 2.24) is 0 Å². The fourth-order valence-corrected chi connectivity index (χ4v) is 1.96. The van der Waals surface area contributed by atoms with Crippen LogP contribution in [0.5, 0.6) is 0 Å².